The molecule has 6 N–H and O–H groups in total. The third kappa shape index (κ3) is 24.1. The van der Waals surface area contributed by atoms with E-state index in [1.807, 2.05) is 42.5 Å². The number of halogens is 1. The van der Waals surface area contributed by atoms with Crippen molar-refractivity contribution in [3.63, 3.8) is 0 Å². The maximum atomic E-state index is 10.5. The molecule has 0 atom stereocenters. The van der Waals surface area contributed by atoms with Crippen molar-refractivity contribution in [3.05, 3.63) is 122 Å². The molecule has 4 aromatic rings. The maximum Gasteiger partial charge on any atom is 1.00 e. The van der Waals surface area contributed by atoms with Gasteiger partial charge in [0.15, 0.2) is 17.4 Å². The van der Waals surface area contributed by atoms with Crippen molar-refractivity contribution in [2.24, 2.45) is 5.73 Å². The molecule has 0 fully saturated rings. The molecule has 398 valence electrons. The molecule has 0 saturated carbocycles. The predicted molar refractivity (Wildman–Crippen MR) is 310 cm³/mol. The molecule has 7 nitrogen and oxygen atoms in total. The molecule has 0 bridgehead atoms. The number of para-hydroxylation sites is 1. The second-order valence-corrected chi connectivity index (χ2v) is 27.1. The zero-order valence-corrected chi connectivity index (χ0v) is 54.0. The number of phenols is 4. The van der Waals surface area contributed by atoms with Crippen molar-refractivity contribution in [1.82, 2.24) is 0 Å². The van der Waals surface area contributed by atoms with E-state index in [4.69, 9.17) is 34.4 Å². The van der Waals surface area contributed by atoms with Gasteiger partial charge in [0, 0.05) is 5.88 Å². The van der Waals surface area contributed by atoms with Crippen molar-refractivity contribution in [2.75, 3.05) is 6.54 Å². The Hall–Kier alpha value is -1.92. The summed E-state index contributed by atoms with van der Waals surface area (Å²) in [6.07, 6.45) is 1.24. The van der Waals surface area contributed by atoms with Gasteiger partial charge in [0.25, 0.3) is 0 Å². The van der Waals surface area contributed by atoms with Crippen LogP contribution in [0.3, 0.4) is 0 Å². The smallest absolute Gasteiger partial charge is 1.00 e. The fourth-order valence-electron chi connectivity index (χ4n) is 7.85. The van der Waals surface area contributed by atoms with Crippen molar-refractivity contribution < 1.29 is 92.1 Å². The summed E-state index contributed by atoms with van der Waals surface area (Å²) in [6.45, 7) is 55.9. The molecule has 0 saturated heterocycles. The van der Waals surface area contributed by atoms with E-state index in [2.05, 4.69) is 184 Å². The maximum absolute atomic E-state index is 10.5. The van der Waals surface area contributed by atoms with Gasteiger partial charge in [-0.25, -0.2) is 0 Å². The summed E-state index contributed by atoms with van der Waals surface area (Å²) in [4.78, 5) is 0. The van der Waals surface area contributed by atoms with Crippen LogP contribution in [-0.4, -0.2) is 44.3 Å². The fourth-order valence-corrected chi connectivity index (χ4v) is 8.00. The normalized spacial score (nSPS) is 11.9. The molecule has 0 radical (unpaired) electrons. The summed E-state index contributed by atoms with van der Waals surface area (Å²) in [7, 11) is 0. The number of nitrogens with two attached hydrogens (primary N) is 1. The number of nitriles is 1. The van der Waals surface area contributed by atoms with Gasteiger partial charge >= 0.3 is 70.2 Å². The van der Waals surface area contributed by atoms with Crippen LogP contribution in [0, 0.1) is 23.2 Å². The number of aromatic hydroxyl groups is 4. The van der Waals surface area contributed by atoms with Crippen LogP contribution in [0.25, 0.3) is 0 Å². The van der Waals surface area contributed by atoms with Crippen molar-refractivity contribution in [1.29, 1.82) is 10.5 Å². The van der Waals surface area contributed by atoms with Crippen LogP contribution in [0.2, 0.25) is 0 Å². The molecule has 0 aliphatic carbocycles. The Morgan fingerprint density at radius 2 is 0.658 bits per heavy atom. The molecule has 0 heterocycles. The predicted octanol–water partition coefficient (Wildman–Crippen LogP) is 9.29. The number of benzene rings is 4. The summed E-state index contributed by atoms with van der Waals surface area (Å²) >= 11 is 5.94. The van der Waals surface area contributed by atoms with Crippen LogP contribution in [-0.2, 0) is 62.0 Å². The Morgan fingerprint density at radius 1 is 0.452 bits per heavy atom. The fraction of sp³-hybridized carbons (Fsp3) is 0.581. The SMILES string of the molecule is CC(C)(C)c1cc(CC#N)cc(C(C)(C)C)c1O.CC(C)(C)c1cc(CCN)cc(C(C)(C)C)c1O.CC(C)(C)c1cc(CCl)cc(C(C)(C)C)c1O.CC(C)(C)c1cccc(C(C)(C)C)c1O.[AlH3].[C-]#N.[H-].[K+].[Li+]. The standard InChI is InChI=1S/C16H27NO.C16H23NO.C15H23ClO.C14H22O.CN.Al.K.Li.4H/c2*1-15(2,3)12-9-11(7-8-17)10-13(14(12)18)16(4,5)6;1-14(2,3)11-7-10(9-16)8-12(13(11)17)15(4,5)6;1-13(2,3)10-8-7-9-11(12(10)15)14(4,5)6;1-2;;;;;;;/h9-10,18H,7-8,17H2,1-6H3;9-10,18H,7H2,1-6H3;7-8,17H,9H2,1-6H3;7-9,15H,1-6H3;;;;;;;;/q;;;;-1;;2*+1;;;;-1. The average molecular weight is 1060 g/mol. The molecule has 0 amide bonds. The number of hydrogen-bond donors (Lipinski definition) is 5. The average Bonchev–Trinajstić information content (AvgIpc) is 3.17. The van der Waals surface area contributed by atoms with E-state index >= 15 is 0 Å². The first-order valence-corrected chi connectivity index (χ1v) is 25.2. The van der Waals surface area contributed by atoms with E-state index in [0.29, 0.717) is 41.8 Å². The van der Waals surface area contributed by atoms with Gasteiger partial charge < -0.3 is 39.4 Å². The molecule has 4 rings (SSSR count). The summed E-state index contributed by atoms with van der Waals surface area (Å²) in [6, 6.07) is 20.3. The minimum absolute atomic E-state index is 0. The minimum Gasteiger partial charge on any atom is -1.00 e. The van der Waals surface area contributed by atoms with Gasteiger partial charge in [-0.05, 0) is 117 Å². The van der Waals surface area contributed by atoms with Gasteiger partial charge in [-0.3, -0.25) is 0 Å². The van der Waals surface area contributed by atoms with E-state index in [1.165, 1.54) is 5.56 Å². The van der Waals surface area contributed by atoms with E-state index in [1.54, 1.807) is 0 Å². The first-order valence-electron chi connectivity index (χ1n) is 24.6. The quantitative estimate of drug-likeness (QED) is 0.0776. The van der Waals surface area contributed by atoms with Gasteiger partial charge in [0.2, 0.25) is 0 Å². The summed E-state index contributed by atoms with van der Waals surface area (Å²) in [5, 5.41) is 56.8. The molecular formula is C62H99AlClKLiN3O4. The number of rotatable bonds is 4. The zero-order chi connectivity index (χ0) is 55.6. The number of hydrogen-bond acceptors (Lipinski definition) is 7. The molecule has 73 heavy (non-hydrogen) atoms. The molecule has 0 unspecified atom stereocenters. The Morgan fingerprint density at radius 3 is 0.849 bits per heavy atom. The Balaban J connectivity index is -0.000000278. The number of phenolic OH excluding ortho intramolecular Hbond substituents is 4. The third-order valence-electron chi connectivity index (χ3n) is 11.9. The Labute approximate surface area is 518 Å². The topological polar surface area (TPSA) is 155 Å². The second kappa shape index (κ2) is 30.3. The van der Waals surface area contributed by atoms with Crippen LogP contribution in [0.1, 0.15) is 229 Å². The molecule has 4 aromatic carbocycles. The van der Waals surface area contributed by atoms with Crippen molar-refractivity contribution >= 4 is 29.0 Å². The zero-order valence-electron chi connectivity index (χ0n) is 51.2. The first kappa shape index (κ1) is 77.6. The molecular weight excluding hydrogens is 959 g/mol. The van der Waals surface area contributed by atoms with Crippen molar-refractivity contribution in [3.8, 4) is 29.1 Å². The third-order valence-corrected chi connectivity index (χ3v) is 12.2. The van der Waals surface area contributed by atoms with Gasteiger partial charge in [-0.2, -0.15) is 5.26 Å². The Bertz CT molecular complexity index is 2270. The monoisotopic (exact) mass is 1060 g/mol. The summed E-state index contributed by atoms with van der Waals surface area (Å²) < 4.78 is 0. The molecule has 0 aliphatic rings. The van der Waals surface area contributed by atoms with Crippen LogP contribution in [0.5, 0.6) is 23.0 Å². The van der Waals surface area contributed by atoms with Gasteiger partial charge in [0.1, 0.15) is 23.0 Å². The molecule has 0 spiro atoms. The van der Waals surface area contributed by atoms with Gasteiger partial charge in [-0.1, -0.05) is 221 Å². The molecule has 11 heteroatoms. The second-order valence-electron chi connectivity index (χ2n) is 26.8. The van der Waals surface area contributed by atoms with Crippen LogP contribution < -0.4 is 76.0 Å². The van der Waals surface area contributed by atoms with E-state index in [9.17, 15) is 20.4 Å². The van der Waals surface area contributed by atoms with Crippen molar-refractivity contribution in [2.45, 2.75) is 228 Å². The van der Waals surface area contributed by atoms with Gasteiger partial charge in [0.05, 0.1) is 12.5 Å². The van der Waals surface area contributed by atoms with E-state index < -0.39 is 0 Å². The summed E-state index contributed by atoms with van der Waals surface area (Å²) in [5.41, 5.74) is 16.2. The molecule has 0 aromatic heterocycles. The largest absolute Gasteiger partial charge is 1.00 e. The number of nitrogens with zero attached hydrogens (tertiary/aromatic N) is 2. The van der Waals surface area contributed by atoms with Crippen LogP contribution in [0.15, 0.2) is 54.6 Å². The Kier molecular flexibility index (Phi) is 32.2. The van der Waals surface area contributed by atoms with Crippen LogP contribution in [0.4, 0.5) is 0 Å². The van der Waals surface area contributed by atoms with Crippen LogP contribution >= 0.6 is 11.6 Å². The minimum atomic E-state index is -0.129. The molecule has 0 aliphatic heterocycles. The number of alkyl halides is 1. The van der Waals surface area contributed by atoms with Gasteiger partial charge in [-0.15, -0.1) is 11.6 Å². The first-order chi connectivity index (χ1) is 31.3. The van der Waals surface area contributed by atoms with E-state index in [0.717, 1.165) is 62.1 Å². The van der Waals surface area contributed by atoms with E-state index in [-0.39, 0.29) is 132 Å². The summed E-state index contributed by atoms with van der Waals surface area (Å²) in [5.74, 6) is 2.16.